The molecular formula is C17H15N3O4S. The molecule has 0 saturated carbocycles. The Labute approximate surface area is 146 Å². The molecule has 3 aromatic rings. The van der Waals surface area contributed by atoms with Crippen LogP contribution < -0.4 is 10.9 Å². The number of carboxylic acid groups (broad SMARTS) is 1. The first kappa shape index (κ1) is 16.8. The van der Waals surface area contributed by atoms with Crippen LogP contribution in [0.4, 0.5) is 5.69 Å². The number of carboxylic acids is 1. The van der Waals surface area contributed by atoms with Gasteiger partial charge in [0.1, 0.15) is 10.9 Å². The van der Waals surface area contributed by atoms with E-state index in [1.165, 1.54) is 13.3 Å². The van der Waals surface area contributed by atoms with Gasteiger partial charge in [-0.1, -0.05) is 18.2 Å². The van der Waals surface area contributed by atoms with Crippen LogP contribution in [0.5, 0.6) is 0 Å². The maximum Gasteiger partial charge on any atom is 0.326 e. The number of nitrogens with one attached hydrogen (secondary N) is 1. The standard InChI is InChI=1S/C17H15N3O4S/c1-9-12-15(18-8-20(16(12)22)10(2)17(23)24)25-13(9)14(21)19-11-6-4-3-5-7-11/h3-8,10H,1-2H3,(H,19,21)(H,23,24). The summed E-state index contributed by atoms with van der Waals surface area (Å²) in [4.78, 5) is 41.2. The number of anilines is 1. The number of aromatic nitrogens is 2. The summed E-state index contributed by atoms with van der Waals surface area (Å²) in [7, 11) is 0. The van der Waals surface area contributed by atoms with Gasteiger partial charge in [0.2, 0.25) is 0 Å². The number of para-hydroxylation sites is 1. The molecule has 128 valence electrons. The minimum absolute atomic E-state index is 0.277. The summed E-state index contributed by atoms with van der Waals surface area (Å²) in [6.45, 7) is 3.07. The predicted molar refractivity (Wildman–Crippen MR) is 95.4 cm³/mol. The normalized spacial score (nSPS) is 12.1. The SMILES string of the molecule is Cc1c(C(=O)Nc2ccccc2)sc2ncn(C(C)C(=O)O)c(=O)c12. The molecule has 2 N–H and O–H groups in total. The molecule has 2 heterocycles. The smallest absolute Gasteiger partial charge is 0.326 e. The minimum Gasteiger partial charge on any atom is -0.480 e. The molecule has 3 rings (SSSR count). The molecule has 7 nitrogen and oxygen atoms in total. The van der Waals surface area contributed by atoms with Crippen molar-refractivity contribution in [2.75, 3.05) is 5.32 Å². The number of carbonyl (C=O) groups excluding carboxylic acids is 1. The van der Waals surface area contributed by atoms with Gasteiger partial charge in [-0.15, -0.1) is 11.3 Å². The molecular weight excluding hydrogens is 342 g/mol. The molecule has 0 fully saturated rings. The molecule has 1 atom stereocenters. The van der Waals surface area contributed by atoms with Gasteiger partial charge in [0, 0.05) is 5.69 Å². The Morgan fingerprint density at radius 2 is 1.96 bits per heavy atom. The second-order valence-electron chi connectivity index (χ2n) is 5.53. The molecule has 8 heteroatoms. The van der Waals surface area contributed by atoms with Crippen molar-refractivity contribution in [3.8, 4) is 0 Å². The van der Waals surface area contributed by atoms with Crippen LogP contribution in [0.1, 0.15) is 28.2 Å². The maximum absolute atomic E-state index is 12.6. The van der Waals surface area contributed by atoms with Gasteiger partial charge >= 0.3 is 5.97 Å². The highest BCUT2D eigenvalue weighted by molar-refractivity contribution is 7.20. The lowest BCUT2D eigenvalue weighted by Gasteiger charge is -2.09. The highest BCUT2D eigenvalue weighted by atomic mass is 32.1. The summed E-state index contributed by atoms with van der Waals surface area (Å²) in [5.41, 5.74) is 0.680. The molecule has 1 aromatic carbocycles. The van der Waals surface area contributed by atoms with E-state index in [-0.39, 0.29) is 11.3 Å². The summed E-state index contributed by atoms with van der Waals surface area (Å²) in [6.07, 6.45) is 1.21. The Hall–Kier alpha value is -3.00. The summed E-state index contributed by atoms with van der Waals surface area (Å²) < 4.78 is 1.06. The summed E-state index contributed by atoms with van der Waals surface area (Å²) in [5, 5.41) is 12.2. The average Bonchev–Trinajstić information content (AvgIpc) is 2.93. The van der Waals surface area contributed by atoms with Crippen molar-refractivity contribution in [1.82, 2.24) is 9.55 Å². The van der Waals surface area contributed by atoms with Crippen LogP contribution in [-0.4, -0.2) is 26.5 Å². The van der Waals surface area contributed by atoms with E-state index in [4.69, 9.17) is 5.11 Å². The Morgan fingerprint density at radius 1 is 1.28 bits per heavy atom. The molecule has 2 aromatic heterocycles. The number of carbonyl (C=O) groups is 2. The molecule has 0 aliphatic heterocycles. The van der Waals surface area contributed by atoms with Gasteiger partial charge in [-0.25, -0.2) is 9.78 Å². The number of rotatable bonds is 4. The summed E-state index contributed by atoms with van der Waals surface area (Å²) >= 11 is 1.11. The molecule has 25 heavy (non-hydrogen) atoms. The van der Waals surface area contributed by atoms with Gasteiger partial charge in [0.25, 0.3) is 11.5 Å². The van der Waals surface area contributed by atoms with E-state index in [1.54, 1.807) is 31.2 Å². The van der Waals surface area contributed by atoms with Gasteiger partial charge < -0.3 is 10.4 Å². The van der Waals surface area contributed by atoms with Crippen LogP contribution in [0, 0.1) is 6.92 Å². The van der Waals surface area contributed by atoms with Gasteiger partial charge in [-0.3, -0.25) is 14.2 Å². The molecule has 0 bridgehead atoms. The molecule has 0 aliphatic carbocycles. The van der Waals surface area contributed by atoms with E-state index in [9.17, 15) is 14.4 Å². The second-order valence-corrected chi connectivity index (χ2v) is 6.53. The Bertz CT molecular complexity index is 1020. The van der Waals surface area contributed by atoms with Crippen molar-refractivity contribution in [2.45, 2.75) is 19.9 Å². The third-order valence-corrected chi connectivity index (χ3v) is 5.09. The quantitative estimate of drug-likeness (QED) is 0.747. The number of fused-ring (bicyclic) bond motifs is 1. The third-order valence-electron chi connectivity index (χ3n) is 3.89. The zero-order valence-corrected chi connectivity index (χ0v) is 14.3. The molecule has 1 unspecified atom stereocenters. The van der Waals surface area contributed by atoms with Crippen molar-refractivity contribution < 1.29 is 14.7 Å². The Kier molecular flexibility index (Phi) is 4.37. The van der Waals surface area contributed by atoms with E-state index < -0.39 is 17.6 Å². The van der Waals surface area contributed by atoms with Crippen molar-refractivity contribution in [3.63, 3.8) is 0 Å². The Balaban J connectivity index is 2.05. The van der Waals surface area contributed by atoms with E-state index in [2.05, 4.69) is 10.3 Å². The van der Waals surface area contributed by atoms with Crippen molar-refractivity contribution in [2.24, 2.45) is 0 Å². The monoisotopic (exact) mass is 357 g/mol. The number of aliphatic carboxylic acids is 1. The second kappa shape index (κ2) is 6.48. The third kappa shape index (κ3) is 3.03. The Morgan fingerprint density at radius 3 is 2.60 bits per heavy atom. The number of nitrogens with zero attached hydrogens (tertiary/aromatic N) is 2. The molecule has 0 spiro atoms. The number of hydrogen-bond donors (Lipinski definition) is 2. The highest BCUT2D eigenvalue weighted by Gasteiger charge is 2.22. The summed E-state index contributed by atoms with van der Waals surface area (Å²) in [5.74, 6) is -1.46. The van der Waals surface area contributed by atoms with E-state index in [1.807, 2.05) is 6.07 Å². The number of hydrogen-bond acceptors (Lipinski definition) is 5. The van der Waals surface area contributed by atoms with Crippen LogP contribution in [-0.2, 0) is 4.79 Å². The van der Waals surface area contributed by atoms with Gasteiger partial charge in [0.15, 0.2) is 0 Å². The van der Waals surface area contributed by atoms with Crippen LogP contribution in [0.2, 0.25) is 0 Å². The fraction of sp³-hybridized carbons (Fsp3) is 0.176. The van der Waals surface area contributed by atoms with Crippen molar-refractivity contribution >= 4 is 39.1 Å². The lowest BCUT2D eigenvalue weighted by molar-refractivity contribution is -0.140. The average molecular weight is 357 g/mol. The first-order valence-electron chi connectivity index (χ1n) is 7.49. The van der Waals surface area contributed by atoms with Gasteiger partial charge in [0.05, 0.1) is 16.6 Å². The predicted octanol–water partition coefficient (Wildman–Crippen LogP) is 2.66. The fourth-order valence-electron chi connectivity index (χ4n) is 2.46. The van der Waals surface area contributed by atoms with E-state index in [0.717, 1.165) is 15.9 Å². The topological polar surface area (TPSA) is 101 Å². The maximum atomic E-state index is 12.6. The van der Waals surface area contributed by atoms with Crippen LogP contribution >= 0.6 is 11.3 Å². The van der Waals surface area contributed by atoms with E-state index >= 15 is 0 Å². The molecule has 1 amide bonds. The lowest BCUT2D eigenvalue weighted by Crippen LogP contribution is -2.28. The first-order valence-corrected chi connectivity index (χ1v) is 8.31. The molecule has 0 saturated heterocycles. The van der Waals surface area contributed by atoms with Crippen LogP contribution in [0.3, 0.4) is 0 Å². The number of amides is 1. The molecule has 0 radical (unpaired) electrons. The number of thiophene rings is 1. The number of aryl methyl sites for hydroxylation is 1. The lowest BCUT2D eigenvalue weighted by atomic mass is 10.2. The largest absolute Gasteiger partial charge is 0.480 e. The van der Waals surface area contributed by atoms with Crippen molar-refractivity contribution in [1.29, 1.82) is 0 Å². The van der Waals surface area contributed by atoms with Crippen LogP contribution in [0.25, 0.3) is 10.2 Å². The van der Waals surface area contributed by atoms with Crippen LogP contribution in [0.15, 0.2) is 41.5 Å². The zero-order chi connectivity index (χ0) is 18.1. The zero-order valence-electron chi connectivity index (χ0n) is 13.5. The minimum atomic E-state index is -1.13. The number of benzene rings is 1. The molecule has 0 aliphatic rings. The van der Waals surface area contributed by atoms with Gasteiger partial charge in [-0.2, -0.15) is 0 Å². The first-order chi connectivity index (χ1) is 11.9. The fourth-order valence-corrected chi connectivity index (χ4v) is 3.49. The summed E-state index contributed by atoms with van der Waals surface area (Å²) in [6, 6.07) is 7.95. The highest BCUT2D eigenvalue weighted by Crippen LogP contribution is 2.28. The van der Waals surface area contributed by atoms with Gasteiger partial charge in [-0.05, 0) is 31.5 Å². The van der Waals surface area contributed by atoms with Crippen molar-refractivity contribution in [3.05, 3.63) is 57.5 Å². The van der Waals surface area contributed by atoms with E-state index in [0.29, 0.717) is 21.0 Å².